The Bertz CT molecular complexity index is 1010. The van der Waals surface area contributed by atoms with Crippen LogP contribution in [0.25, 0.3) is 11.0 Å². The van der Waals surface area contributed by atoms with E-state index in [-0.39, 0.29) is 18.5 Å². The van der Waals surface area contributed by atoms with Crippen LogP contribution in [0, 0.1) is 12.3 Å². The molecule has 2 aromatic carbocycles. The van der Waals surface area contributed by atoms with E-state index < -0.39 is 5.41 Å². The lowest BCUT2D eigenvalue weighted by molar-refractivity contribution is -0.151. The third-order valence-electron chi connectivity index (χ3n) is 5.48. The number of fused-ring (bicyclic) bond motifs is 1. The van der Waals surface area contributed by atoms with Gasteiger partial charge in [0.15, 0.2) is 0 Å². The smallest absolute Gasteiger partial charge is 0.312 e. The molecule has 1 heterocycles. The number of aliphatic hydroxyl groups is 1. The largest absolute Gasteiger partial charge is 0.469 e. The van der Waals surface area contributed by atoms with E-state index in [1.807, 2.05) is 68.8 Å². The number of nitrogens with zero attached hydrogens (tertiary/aromatic N) is 3. The highest BCUT2D eigenvalue weighted by Gasteiger charge is 2.40. The van der Waals surface area contributed by atoms with Crippen LogP contribution in [0.1, 0.15) is 48.9 Å². The van der Waals surface area contributed by atoms with Crippen molar-refractivity contribution in [2.24, 2.45) is 5.41 Å². The van der Waals surface area contributed by atoms with Crippen molar-refractivity contribution in [3.05, 3.63) is 58.7 Å². The third-order valence-corrected chi connectivity index (χ3v) is 5.48. The van der Waals surface area contributed by atoms with Crippen molar-refractivity contribution in [3.8, 4) is 0 Å². The predicted molar refractivity (Wildman–Crippen MR) is 108 cm³/mol. The van der Waals surface area contributed by atoms with Crippen LogP contribution in [0.4, 0.5) is 0 Å². The first kappa shape index (κ1) is 20.0. The minimum absolute atomic E-state index is 0.0467. The average Bonchev–Trinajstić information content (AvgIpc) is 3.10. The van der Waals surface area contributed by atoms with Gasteiger partial charge in [-0.3, -0.25) is 4.79 Å². The number of rotatable bonds is 6. The Morgan fingerprint density at radius 3 is 2.54 bits per heavy atom. The molecule has 3 rings (SSSR count). The Morgan fingerprint density at radius 1 is 1.21 bits per heavy atom. The molecular formula is C22H27N3O3. The summed E-state index contributed by atoms with van der Waals surface area (Å²) in [5.74, 6) is -0.553. The molecule has 3 aromatic rings. The molecule has 0 aliphatic carbocycles. The summed E-state index contributed by atoms with van der Waals surface area (Å²) >= 11 is 0. The van der Waals surface area contributed by atoms with Crippen molar-refractivity contribution in [3.63, 3.8) is 0 Å². The molecule has 0 saturated carbocycles. The van der Waals surface area contributed by atoms with Crippen LogP contribution in [-0.4, -0.2) is 33.2 Å². The molecule has 1 aromatic heterocycles. The van der Waals surface area contributed by atoms with Gasteiger partial charge in [-0.25, -0.2) is 4.68 Å². The second-order valence-corrected chi connectivity index (χ2v) is 7.64. The molecule has 148 valence electrons. The molecule has 0 bridgehead atoms. The summed E-state index contributed by atoms with van der Waals surface area (Å²) in [6.07, 6.45) is 0. The van der Waals surface area contributed by atoms with Gasteiger partial charge in [0, 0.05) is 12.5 Å². The zero-order chi connectivity index (χ0) is 20.5. The first-order chi connectivity index (χ1) is 13.3. The minimum atomic E-state index is -0.814. The quantitative estimate of drug-likeness (QED) is 0.661. The molecule has 0 aliphatic heterocycles. The van der Waals surface area contributed by atoms with Gasteiger partial charge >= 0.3 is 5.97 Å². The molecule has 1 N–H and O–H groups in total. The van der Waals surface area contributed by atoms with Crippen molar-refractivity contribution in [2.45, 2.75) is 46.8 Å². The lowest BCUT2D eigenvalue weighted by Gasteiger charge is -2.33. The number of hydrogen-bond acceptors (Lipinski definition) is 5. The normalized spacial score (nSPS) is 12.9. The Hall–Kier alpha value is -2.73. The number of benzene rings is 2. The van der Waals surface area contributed by atoms with E-state index in [0.29, 0.717) is 0 Å². The molecule has 6 nitrogen and oxygen atoms in total. The van der Waals surface area contributed by atoms with Crippen molar-refractivity contribution in [1.82, 2.24) is 15.0 Å². The number of aromatic nitrogens is 3. The van der Waals surface area contributed by atoms with E-state index in [4.69, 9.17) is 4.74 Å². The summed E-state index contributed by atoms with van der Waals surface area (Å²) in [6, 6.07) is 12.0. The molecule has 0 fully saturated rings. The molecule has 0 amide bonds. The van der Waals surface area contributed by atoms with Crippen molar-refractivity contribution in [2.75, 3.05) is 7.11 Å². The van der Waals surface area contributed by atoms with Gasteiger partial charge in [0.05, 0.1) is 24.6 Å². The van der Waals surface area contributed by atoms with Crippen LogP contribution in [0.15, 0.2) is 36.4 Å². The molecule has 1 unspecified atom stereocenters. The Morgan fingerprint density at radius 2 is 1.89 bits per heavy atom. The molecule has 0 aliphatic rings. The van der Waals surface area contributed by atoms with Crippen LogP contribution in [0.5, 0.6) is 0 Å². The predicted octanol–water partition coefficient (Wildman–Crippen LogP) is 3.58. The standard InChI is InChI=1S/C22H27N3O3/c1-6-25-19-10-9-16(12-18(19)23-24-25)20(22(3,4)21(27)28-5)15-8-7-14(2)17(11-15)13-26/h7-12,20,26H,6,13H2,1-5H3. The maximum absolute atomic E-state index is 12.7. The highest BCUT2D eigenvalue weighted by atomic mass is 16.5. The molecule has 6 heteroatoms. The topological polar surface area (TPSA) is 77.2 Å². The second-order valence-electron chi connectivity index (χ2n) is 7.64. The van der Waals surface area contributed by atoms with E-state index >= 15 is 0 Å². The summed E-state index contributed by atoms with van der Waals surface area (Å²) < 4.78 is 6.95. The summed E-state index contributed by atoms with van der Waals surface area (Å²) in [6.45, 7) is 8.45. The van der Waals surface area contributed by atoms with Gasteiger partial charge in [-0.15, -0.1) is 5.10 Å². The van der Waals surface area contributed by atoms with Gasteiger partial charge in [0.1, 0.15) is 5.52 Å². The Labute approximate surface area is 165 Å². The highest BCUT2D eigenvalue weighted by molar-refractivity contribution is 5.80. The summed E-state index contributed by atoms with van der Waals surface area (Å²) in [5.41, 5.74) is 4.71. The van der Waals surface area contributed by atoms with Gasteiger partial charge in [0.25, 0.3) is 0 Å². The number of aliphatic hydroxyl groups excluding tert-OH is 1. The van der Waals surface area contributed by atoms with E-state index in [9.17, 15) is 9.90 Å². The van der Waals surface area contributed by atoms with Crippen molar-refractivity contribution >= 4 is 17.0 Å². The minimum Gasteiger partial charge on any atom is -0.469 e. The number of hydrogen-bond donors (Lipinski definition) is 1. The lowest BCUT2D eigenvalue weighted by Crippen LogP contribution is -2.33. The summed E-state index contributed by atoms with van der Waals surface area (Å²) in [7, 11) is 1.41. The molecule has 0 saturated heterocycles. The number of ether oxygens (including phenoxy) is 1. The fourth-order valence-electron chi connectivity index (χ4n) is 3.85. The molecule has 1 atom stereocenters. The van der Waals surface area contributed by atoms with E-state index in [2.05, 4.69) is 10.3 Å². The lowest BCUT2D eigenvalue weighted by atomic mass is 9.70. The number of esters is 1. The first-order valence-corrected chi connectivity index (χ1v) is 9.45. The summed E-state index contributed by atoms with van der Waals surface area (Å²) in [4.78, 5) is 12.7. The highest BCUT2D eigenvalue weighted by Crippen LogP contribution is 2.43. The number of methoxy groups -OCH3 is 1. The van der Waals surface area contributed by atoms with Crippen molar-refractivity contribution < 1.29 is 14.6 Å². The molecule has 0 spiro atoms. The fourth-order valence-corrected chi connectivity index (χ4v) is 3.85. The van der Waals surface area contributed by atoms with Crippen LogP contribution in [-0.2, 0) is 22.7 Å². The summed E-state index contributed by atoms with van der Waals surface area (Å²) in [5, 5.41) is 18.2. The van der Waals surface area contributed by atoms with E-state index in [0.717, 1.165) is 39.8 Å². The molecule has 0 radical (unpaired) electrons. The zero-order valence-corrected chi connectivity index (χ0v) is 17.1. The van der Waals surface area contributed by atoms with Crippen LogP contribution < -0.4 is 0 Å². The van der Waals surface area contributed by atoms with Gasteiger partial charge in [0.2, 0.25) is 0 Å². The molecule has 28 heavy (non-hydrogen) atoms. The maximum Gasteiger partial charge on any atom is 0.312 e. The zero-order valence-electron chi connectivity index (χ0n) is 17.1. The second kappa shape index (κ2) is 7.72. The van der Waals surface area contributed by atoms with Gasteiger partial charge < -0.3 is 9.84 Å². The van der Waals surface area contributed by atoms with Gasteiger partial charge in [-0.1, -0.05) is 29.5 Å². The van der Waals surface area contributed by atoms with Crippen LogP contribution >= 0.6 is 0 Å². The number of carbonyl (C=O) groups excluding carboxylic acids is 1. The third kappa shape index (κ3) is 3.40. The van der Waals surface area contributed by atoms with Gasteiger partial charge in [-0.2, -0.15) is 0 Å². The van der Waals surface area contributed by atoms with Crippen molar-refractivity contribution in [1.29, 1.82) is 0 Å². The SMILES string of the molecule is CCn1nnc2cc(C(c3ccc(C)c(CO)c3)C(C)(C)C(=O)OC)ccc21. The van der Waals surface area contributed by atoms with E-state index in [1.165, 1.54) is 7.11 Å². The number of carbonyl (C=O) groups is 1. The average molecular weight is 381 g/mol. The fraction of sp³-hybridized carbons (Fsp3) is 0.409. The van der Waals surface area contributed by atoms with E-state index in [1.54, 1.807) is 0 Å². The Kier molecular flexibility index (Phi) is 5.52. The monoisotopic (exact) mass is 381 g/mol. The van der Waals surface area contributed by atoms with Crippen LogP contribution in [0.3, 0.4) is 0 Å². The maximum atomic E-state index is 12.7. The first-order valence-electron chi connectivity index (χ1n) is 9.45. The van der Waals surface area contributed by atoms with Gasteiger partial charge in [-0.05, 0) is 62.1 Å². The number of aryl methyl sites for hydroxylation is 2. The van der Waals surface area contributed by atoms with Crippen LogP contribution in [0.2, 0.25) is 0 Å². The Balaban J connectivity index is 2.20. The molecular weight excluding hydrogens is 354 g/mol.